The molecule has 0 atom stereocenters. The number of aromatic nitrogens is 3. The van der Waals surface area contributed by atoms with Crippen LogP contribution in [0.3, 0.4) is 0 Å². The summed E-state index contributed by atoms with van der Waals surface area (Å²) in [4.78, 5) is 8.82. The number of fused-ring (bicyclic) bond motifs is 1. The largest absolute Gasteiger partial charge is 0.322 e. The third-order valence-corrected chi connectivity index (χ3v) is 4.31. The van der Waals surface area contributed by atoms with Crippen LogP contribution in [0.2, 0.25) is 15.2 Å². The van der Waals surface area contributed by atoms with Gasteiger partial charge in [0, 0.05) is 18.3 Å². The van der Waals surface area contributed by atoms with Crippen LogP contribution in [0.5, 0.6) is 0 Å². The number of para-hydroxylation sites is 1. The molecule has 0 spiro atoms. The van der Waals surface area contributed by atoms with Crippen LogP contribution in [0.15, 0.2) is 30.5 Å². The lowest BCUT2D eigenvalue weighted by Crippen LogP contribution is -2.06. The number of hydrogen-bond donors (Lipinski definition) is 0. The number of rotatable bonds is 3. The average Bonchev–Trinajstić information content (AvgIpc) is 2.81. The Morgan fingerprint density at radius 2 is 1.91 bits per heavy atom. The van der Waals surface area contributed by atoms with Crippen molar-refractivity contribution in [1.29, 1.82) is 0 Å². The Morgan fingerprint density at radius 1 is 1.14 bits per heavy atom. The number of imidazole rings is 1. The standard InChI is InChI=1S/C16H14Cl3N3/c1-9(2)8-22-14-11(17)4-3-5-13(14)21-16(22)10-6-12(18)15(19)20-7-10/h3-7,9H,8H2,1-2H3. The van der Waals surface area contributed by atoms with Crippen molar-refractivity contribution >= 4 is 45.8 Å². The van der Waals surface area contributed by atoms with Crippen LogP contribution >= 0.6 is 34.8 Å². The van der Waals surface area contributed by atoms with Gasteiger partial charge in [-0.25, -0.2) is 9.97 Å². The molecule has 0 fully saturated rings. The van der Waals surface area contributed by atoms with Crippen LogP contribution in [-0.4, -0.2) is 14.5 Å². The zero-order valence-electron chi connectivity index (χ0n) is 12.1. The quantitative estimate of drug-likeness (QED) is 0.564. The van der Waals surface area contributed by atoms with Gasteiger partial charge in [0.1, 0.15) is 11.0 Å². The fourth-order valence-corrected chi connectivity index (χ4v) is 2.99. The molecule has 1 aromatic carbocycles. The fourth-order valence-electron chi connectivity index (χ4n) is 2.45. The highest BCUT2D eigenvalue weighted by atomic mass is 35.5. The van der Waals surface area contributed by atoms with Gasteiger partial charge in [-0.2, -0.15) is 0 Å². The van der Waals surface area contributed by atoms with Crippen LogP contribution in [0.25, 0.3) is 22.4 Å². The van der Waals surface area contributed by atoms with Crippen LogP contribution in [0.4, 0.5) is 0 Å². The first-order chi connectivity index (χ1) is 10.5. The van der Waals surface area contributed by atoms with E-state index < -0.39 is 0 Å². The molecule has 6 heteroatoms. The highest BCUT2D eigenvalue weighted by Gasteiger charge is 2.17. The third kappa shape index (κ3) is 2.81. The van der Waals surface area contributed by atoms with Crippen LogP contribution in [0, 0.1) is 5.92 Å². The van der Waals surface area contributed by atoms with Crippen molar-refractivity contribution in [2.24, 2.45) is 5.92 Å². The molecular formula is C16H14Cl3N3. The monoisotopic (exact) mass is 353 g/mol. The molecule has 0 bridgehead atoms. The second-order valence-corrected chi connectivity index (χ2v) is 6.72. The third-order valence-electron chi connectivity index (χ3n) is 3.32. The summed E-state index contributed by atoms with van der Waals surface area (Å²) < 4.78 is 2.11. The van der Waals surface area contributed by atoms with E-state index in [0.717, 1.165) is 29.0 Å². The normalized spacial score (nSPS) is 11.5. The topological polar surface area (TPSA) is 30.7 Å². The smallest absolute Gasteiger partial charge is 0.147 e. The Hall–Kier alpha value is -1.29. The van der Waals surface area contributed by atoms with E-state index >= 15 is 0 Å². The molecule has 22 heavy (non-hydrogen) atoms. The zero-order chi connectivity index (χ0) is 15.9. The number of nitrogens with zero attached hydrogens (tertiary/aromatic N) is 3. The van der Waals surface area contributed by atoms with Gasteiger partial charge in [-0.05, 0) is 24.1 Å². The molecule has 0 aliphatic rings. The predicted octanol–water partition coefficient (Wildman–Crippen LogP) is 5.71. The van der Waals surface area contributed by atoms with E-state index in [-0.39, 0.29) is 5.15 Å². The molecule has 3 nitrogen and oxygen atoms in total. The first-order valence-corrected chi connectivity index (χ1v) is 8.07. The molecule has 0 aliphatic carbocycles. The van der Waals surface area contributed by atoms with Crippen molar-refractivity contribution < 1.29 is 0 Å². The highest BCUT2D eigenvalue weighted by molar-refractivity contribution is 6.41. The number of hydrogen-bond acceptors (Lipinski definition) is 2. The Bertz CT molecular complexity index is 840. The van der Waals surface area contributed by atoms with Gasteiger partial charge in [0.15, 0.2) is 0 Å². The molecule has 3 aromatic rings. The van der Waals surface area contributed by atoms with E-state index in [4.69, 9.17) is 39.8 Å². The number of halogens is 3. The summed E-state index contributed by atoms with van der Waals surface area (Å²) in [6.07, 6.45) is 1.68. The lowest BCUT2D eigenvalue weighted by molar-refractivity contribution is 0.536. The van der Waals surface area contributed by atoms with Crippen molar-refractivity contribution in [3.8, 4) is 11.4 Å². The predicted molar refractivity (Wildman–Crippen MR) is 92.8 cm³/mol. The first-order valence-electron chi connectivity index (χ1n) is 6.93. The van der Waals surface area contributed by atoms with Crippen LogP contribution < -0.4 is 0 Å². The Balaban J connectivity index is 2.28. The summed E-state index contributed by atoms with van der Waals surface area (Å²) in [6.45, 7) is 5.11. The molecule has 0 unspecified atom stereocenters. The lowest BCUT2D eigenvalue weighted by Gasteiger charge is -2.12. The molecule has 3 rings (SSSR count). The van der Waals surface area contributed by atoms with Crippen LogP contribution in [-0.2, 0) is 6.54 Å². The highest BCUT2D eigenvalue weighted by Crippen LogP contribution is 2.32. The summed E-state index contributed by atoms with van der Waals surface area (Å²) in [5, 5.41) is 1.38. The fraction of sp³-hybridized carbons (Fsp3) is 0.250. The van der Waals surface area contributed by atoms with Crippen molar-refractivity contribution in [3.63, 3.8) is 0 Å². The van der Waals surface area contributed by atoms with Crippen molar-refractivity contribution in [3.05, 3.63) is 45.7 Å². The minimum atomic E-state index is 0.287. The van der Waals surface area contributed by atoms with Gasteiger partial charge >= 0.3 is 0 Å². The van der Waals surface area contributed by atoms with Gasteiger partial charge < -0.3 is 4.57 Å². The molecule has 0 saturated carbocycles. The number of pyridine rings is 1. The van der Waals surface area contributed by atoms with Gasteiger partial charge in [0.25, 0.3) is 0 Å². The summed E-state index contributed by atoms with van der Waals surface area (Å²) >= 11 is 18.4. The molecule has 0 aliphatic heterocycles. The summed E-state index contributed by atoms with van der Waals surface area (Å²) in [7, 11) is 0. The molecule has 2 aromatic heterocycles. The summed E-state index contributed by atoms with van der Waals surface area (Å²) in [5.74, 6) is 1.24. The van der Waals surface area contributed by atoms with E-state index in [1.807, 2.05) is 18.2 Å². The van der Waals surface area contributed by atoms with Crippen LogP contribution in [0.1, 0.15) is 13.8 Å². The molecule has 0 radical (unpaired) electrons. The molecule has 2 heterocycles. The van der Waals surface area contributed by atoms with E-state index in [2.05, 4.69) is 23.4 Å². The van der Waals surface area contributed by atoms with E-state index in [9.17, 15) is 0 Å². The van der Waals surface area contributed by atoms with Gasteiger partial charge in [0.2, 0.25) is 0 Å². The van der Waals surface area contributed by atoms with Crippen molar-refractivity contribution in [1.82, 2.24) is 14.5 Å². The maximum absolute atomic E-state index is 6.38. The van der Waals surface area contributed by atoms with E-state index in [1.165, 1.54) is 0 Å². The maximum atomic E-state index is 6.38. The minimum Gasteiger partial charge on any atom is -0.322 e. The minimum absolute atomic E-state index is 0.287. The molecular weight excluding hydrogens is 341 g/mol. The molecule has 0 saturated heterocycles. The van der Waals surface area contributed by atoms with Gasteiger partial charge in [-0.3, -0.25) is 0 Å². The first kappa shape index (κ1) is 15.6. The lowest BCUT2D eigenvalue weighted by atomic mass is 10.2. The number of benzene rings is 1. The molecule has 0 amide bonds. The average molecular weight is 355 g/mol. The Morgan fingerprint density at radius 3 is 2.59 bits per heavy atom. The Labute approximate surface area is 143 Å². The van der Waals surface area contributed by atoms with Crippen molar-refractivity contribution in [2.75, 3.05) is 0 Å². The van der Waals surface area contributed by atoms with Gasteiger partial charge in [0.05, 0.1) is 21.1 Å². The SMILES string of the molecule is CC(C)Cn1c(-c2cnc(Cl)c(Cl)c2)nc2cccc(Cl)c21. The molecule has 114 valence electrons. The second kappa shape index (κ2) is 6.07. The van der Waals surface area contributed by atoms with E-state index in [1.54, 1.807) is 12.3 Å². The molecule has 0 N–H and O–H groups in total. The van der Waals surface area contributed by atoms with E-state index in [0.29, 0.717) is 16.0 Å². The van der Waals surface area contributed by atoms with Crippen molar-refractivity contribution in [2.45, 2.75) is 20.4 Å². The van der Waals surface area contributed by atoms with Gasteiger partial charge in [-0.1, -0.05) is 54.7 Å². The Kier molecular flexibility index (Phi) is 4.31. The zero-order valence-corrected chi connectivity index (χ0v) is 14.4. The summed E-state index contributed by atoms with van der Waals surface area (Å²) in [5.41, 5.74) is 2.61. The maximum Gasteiger partial charge on any atom is 0.147 e. The second-order valence-electron chi connectivity index (χ2n) is 5.54. The van der Waals surface area contributed by atoms with Gasteiger partial charge in [-0.15, -0.1) is 0 Å². The summed E-state index contributed by atoms with van der Waals surface area (Å²) in [6, 6.07) is 7.50.